The topological polar surface area (TPSA) is 129 Å². The highest BCUT2D eigenvalue weighted by molar-refractivity contribution is 9.11. The molecule has 0 spiro atoms. The number of hydrogen-bond donors (Lipinski definition) is 3. The normalized spacial score (nSPS) is 15.7. The van der Waals surface area contributed by atoms with Crippen LogP contribution in [0.2, 0.25) is 0 Å². The standard InChI is InChI=1S/C21H25Br3N6O5/c1-27-18-16(19(33)26-21(27)34)30(20(25-18)29-4-2-28(3-5-29)6-7-31)10-13(32)11-35-17-14(23)8-12(22)9-15(17)24/h8-9,13,31-32H,2-7,10-11H2,1H3,(H,26,33,34)/t13-/m1/s1. The molecule has 0 bridgehead atoms. The van der Waals surface area contributed by atoms with E-state index in [9.17, 15) is 19.8 Å². The van der Waals surface area contributed by atoms with Crippen molar-refractivity contribution in [1.82, 2.24) is 24.0 Å². The fourth-order valence-electron chi connectivity index (χ4n) is 4.06. The maximum Gasteiger partial charge on any atom is 0.329 e. The molecule has 0 aliphatic carbocycles. The number of nitrogens with one attached hydrogen (secondary N) is 1. The Balaban J connectivity index is 1.63. The average molecular weight is 681 g/mol. The zero-order valence-electron chi connectivity index (χ0n) is 18.9. The number of aliphatic hydroxyl groups is 2. The van der Waals surface area contributed by atoms with Gasteiger partial charge in [-0.05, 0) is 44.0 Å². The minimum absolute atomic E-state index is 0.0358. The van der Waals surface area contributed by atoms with E-state index in [-0.39, 0.29) is 30.9 Å². The van der Waals surface area contributed by atoms with Crippen LogP contribution in [0.3, 0.4) is 0 Å². The number of halogens is 3. The predicted octanol–water partition coefficient (Wildman–Crippen LogP) is 1.27. The molecule has 1 aliphatic heterocycles. The van der Waals surface area contributed by atoms with Gasteiger partial charge in [0.25, 0.3) is 5.56 Å². The molecule has 1 aromatic carbocycles. The lowest BCUT2D eigenvalue weighted by molar-refractivity contribution is 0.0927. The maximum absolute atomic E-state index is 12.8. The van der Waals surface area contributed by atoms with Gasteiger partial charge in [0, 0.05) is 44.2 Å². The van der Waals surface area contributed by atoms with Crippen LogP contribution in [0.5, 0.6) is 5.75 Å². The Labute approximate surface area is 225 Å². The summed E-state index contributed by atoms with van der Waals surface area (Å²) in [5.74, 6) is 1.05. The largest absolute Gasteiger partial charge is 0.488 e. The molecule has 35 heavy (non-hydrogen) atoms. The van der Waals surface area contributed by atoms with Gasteiger partial charge in [-0.3, -0.25) is 19.2 Å². The summed E-state index contributed by atoms with van der Waals surface area (Å²) in [4.78, 5) is 36.1. The van der Waals surface area contributed by atoms with E-state index in [0.29, 0.717) is 40.3 Å². The quantitative estimate of drug-likeness (QED) is 0.325. The van der Waals surface area contributed by atoms with Gasteiger partial charge >= 0.3 is 5.69 Å². The summed E-state index contributed by atoms with van der Waals surface area (Å²) in [6.45, 7) is 3.37. The predicted molar refractivity (Wildman–Crippen MR) is 142 cm³/mol. The summed E-state index contributed by atoms with van der Waals surface area (Å²) in [6.07, 6.45) is -0.971. The second kappa shape index (κ2) is 11.1. The molecule has 14 heteroatoms. The molecule has 1 aliphatic rings. The van der Waals surface area contributed by atoms with Crippen LogP contribution in [0.1, 0.15) is 0 Å². The number of aliphatic hydroxyl groups excluding tert-OH is 2. The molecular weight excluding hydrogens is 656 g/mol. The fourth-order valence-corrected chi connectivity index (χ4v) is 6.55. The molecule has 4 rings (SSSR count). The van der Waals surface area contributed by atoms with E-state index in [4.69, 9.17) is 4.74 Å². The smallest absolute Gasteiger partial charge is 0.329 e. The third-order valence-electron chi connectivity index (χ3n) is 5.83. The number of benzene rings is 1. The zero-order valence-corrected chi connectivity index (χ0v) is 23.6. The van der Waals surface area contributed by atoms with Crippen LogP contribution in [0.25, 0.3) is 11.2 Å². The van der Waals surface area contributed by atoms with Crippen molar-refractivity contribution in [2.75, 3.05) is 50.8 Å². The van der Waals surface area contributed by atoms with Crippen molar-refractivity contribution in [3.05, 3.63) is 46.4 Å². The third-order valence-corrected chi connectivity index (χ3v) is 7.47. The van der Waals surface area contributed by atoms with Crippen molar-refractivity contribution < 1.29 is 14.9 Å². The van der Waals surface area contributed by atoms with Crippen molar-refractivity contribution in [2.45, 2.75) is 12.6 Å². The molecular formula is C21H25Br3N6O5. The number of ether oxygens (including phenoxy) is 1. The number of rotatable bonds is 8. The molecule has 1 saturated heterocycles. The Morgan fingerprint density at radius 3 is 2.43 bits per heavy atom. The van der Waals surface area contributed by atoms with Gasteiger partial charge < -0.3 is 24.4 Å². The number of aromatic nitrogens is 4. The van der Waals surface area contributed by atoms with Crippen molar-refractivity contribution in [1.29, 1.82) is 0 Å². The number of imidazole rings is 1. The number of aryl methyl sites for hydroxylation is 1. The van der Waals surface area contributed by atoms with Gasteiger partial charge in [0.05, 0.1) is 22.1 Å². The summed E-state index contributed by atoms with van der Waals surface area (Å²) in [7, 11) is 1.54. The monoisotopic (exact) mass is 678 g/mol. The van der Waals surface area contributed by atoms with Gasteiger partial charge in [0.2, 0.25) is 5.95 Å². The van der Waals surface area contributed by atoms with Gasteiger partial charge in [0.15, 0.2) is 11.2 Å². The van der Waals surface area contributed by atoms with Gasteiger partial charge in [-0.1, -0.05) is 15.9 Å². The second-order valence-corrected chi connectivity index (χ2v) is 10.9. The highest BCUT2D eigenvalue weighted by atomic mass is 79.9. The molecule has 11 nitrogen and oxygen atoms in total. The highest BCUT2D eigenvalue weighted by Crippen LogP contribution is 2.36. The molecule has 3 aromatic rings. The van der Waals surface area contributed by atoms with Crippen LogP contribution in [0.4, 0.5) is 5.95 Å². The summed E-state index contributed by atoms with van der Waals surface area (Å²) < 4.78 is 11.1. The van der Waals surface area contributed by atoms with Crippen LogP contribution in [-0.2, 0) is 13.6 Å². The van der Waals surface area contributed by atoms with Gasteiger partial charge in [-0.25, -0.2) is 4.79 Å². The molecule has 0 unspecified atom stereocenters. The van der Waals surface area contributed by atoms with Crippen molar-refractivity contribution in [3.8, 4) is 5.75 Å². The number of β-amino-alcohol motifs (C(OH)–C–C–N with tert-alkyl or cyclic N) is 1. The first-order valence-electron chi connectivity index (χ1n) is 10.9. The first-order valence-corrected chi connectivity index (χ1v) is 13.3. The van der Waals surface area contributed by atoms with Crippen molar-refractivity contribution >= 4 is 64.9 Å². The molecule has 3 heterocycles. The first-order chi connectivity index (χ1) is 16.7. The Morgan fingerprint density at radius 2 is 1.80 bits per heavy atom. The highest BCUT2D eigenvalue weighted by Gasteiger charge is 2.26. The SMILES string of the molecule is Cn1c(=O)[nH]c(=O)c2c1nc(N1CCN(CCO)CC1)n2C[C@@H](O)COc1c(Br)cc(Br)cc1Br. The molecule has 1 atom stereocenters. The zero-order chi connectivity index (χ0) is 25.3. The first kappa shape index (κ1) is 26.4. The number of aromatic amines is 1. The average Bonchev–Trinajstić information content (AvgIpc) is 3.17. The van der Waals surface area contributed by atoms with E-state index >= 15 is 0 Å². The minimum Gasteiger partial charge on any atom is -0.488 e. The molecule has 2 aromatic heterocycles. The van der Waals surface area contributed by atoms with Gasteiger partial charge in [0.1, 0.15) is 18.5 Å². The van der Waals surface area contributed by atoms with Gasteiger partial charge in [-0.15, -0.1) is 0 Å². The molecule has 0 saturated carbocycles. The summed E-state index contributed by atoms with van der Waals surface area (Å²) in [5.41, 5.74) is -0.657. The summed E-state index contributed by atoms with van der Waals surface area (Å²) in [6, 6.07) is 3.68. The number of H-pyrrole nitrogens is 1. The molecule has 1 fully saturated rings. The van der Waals surface area contributed by atoms with E-state index in [1.807, 2.05) is 17.0 Å². The van der Waals surface area contributed by atoms with Crippen LogP contribution < -0.4 is 20.9 Å². The van der Waals surface area contributed by atoms with E-state index < -0.39 is 17.4 Å². The second-order valence-electron chi connectivity index (χ2n) is 8.23. The fraction of sp³-hybridized carbons (Fsp3) is 0.476. The molecule has 3 N–H and O–H groups in total. The third kappa shape index (κ3) is 5.67. The van der Waals surface area contributed by atoms with Crippen LogP contribution in [0, 0.1) is 0 Å². The lowest BCUT2D eigenvalue weighted by atomic mass is 10.3. The van der Waals surface area contributed by atoms with E-state index in [1.54, 1.807) is 11.6 Å². The number of piperazine rings is 1. The Kier molecular flexibility index (Phi) is 8.38. The summed E-state index contributed by atoms with van der Waals surface area (Å²) in [5, 5.41) is 20.1. The maximum atomic E-state index is 12.8. The molecule has 190 valence electrons. The van der Waals surface area contributed by atoms with E-state index in [2.05, 4.69) is 62.7 Å². The lowest BCUT2D eigenvalue weighted by Gasteiger charge is -2.35. The van der Waals surface area contributed by atoms with Crippen LogP contribution in [0.15, 0.2) is 35.1 Å². The molecule has 0 radical (unpaired) electrons. The minimum atomic E-state index is -0.971. The lowest BCUT2D eigenvalue weighted by Crippen LogP contribution is -2.48. The Bertz CT molecular complexity index is 1310. The van der Waals surface area contributed by atoms with Crippen molar-refractivity contribution in [3.63, 3.8) is 0 Å². The van der Waals surface area contributed by atoms with Crippen molar-refractivity contribution in [2.24, 2.45) is 7.05 Å². The number of anilines is 1. The van der Waals surface area contributed by atoms with Crippen LogP contribution >= 0.6 is 47.8 Å². The molecule has 0 amide bonds. The number of hydrogen-bond acceptors (Lipinski definition) is 8. The Morgan fingerprint density at radius 1 is 1.14 bits per heavy atom. The van der Waals surface area contributed by atoms with E-state index in [1.165, 1.54) is 4.57 Å². The number of fused-ring (bicyclic) bond motifs is 1. The Hall–Kier alpha value is -1.71. The van der Waals surface area contributed by atoms with E-state index in [0.717, 1.165) is 17.6 Å². The summed E-state index contributed by atoms with van der Waals surface area (Å²) >= 11 is 10.3. The van der Waals surface area contributed by atoms with Gasteiger partial charge in [-0.2, -0.15) is 4.98 Å². The number of nitrogens with zero attached hydrogens (tertiary/aromatic N) is 5. The van der Waals surface area contributed by atoms with Crippen LogP contribution in [-0.4, -0.2) is 86.3 Å².